The van der Waals surface area contributed by atoms with Crippen LogP contribution in [0.25, 0.3) is 0 Å². The van der Waals surface area contributed by atoms with E-state index < -0.39 is 4.95 Å². The Morgan fingerprint density at radius 1 is 1.56 bits per heavy atom. The molecule has 1 unspecified atom stereocenters. The molecule has 56 valence electrons. The molecule has 0 aliphatic heterocycles. The van der Waals surface area contributed by atoms with E-state index in [9.17, 15) is 0 Å². The second kappa shape index (κ2) is 4.87. The Balaban J connectivity index is 3.78. The van der Waals surface area contributed by atoms with Crippen LogP contribution in [0.15, 0.2) is 0 Å². The van der Waals surface area contributed by atoms with Crippen LogP contribution >= 0.6 is 4.95 Å². The standard InChI is InChI=1S/C5H13OPSSe/c1-4-6-7(8,5-2)9-3/h4-5H2,1-3H3. The van der Waals surface area contributed by atoms with Gasteiger partial charge in [-0.15, -0.1) is 0 Å². The second-order valence-electron chi connectivity index (χ2n) is 1.53. The Hall–Kier alpha value is 1.13. The van der Waals surface area contributed by atoms with E-state index in [0.717, 1.165) is 12.8 Å². The molecule has 0 aromatic carbocycles. The molecule has 0 amide bonds. The van der Waals surface area contributed by atoms with E-state index in [-0.39, 0.29) is 0 Å². The van der Waals surface area contributed by atoms with Crippen molar-refractivity contribution in [2.24, 2.45) is 0 Å². The fraction of sp³-hybridized carbons (Fsp3) is 1.00. The minimum atomic E-state index is -1.29. The Morgan fingerprint density at radius 3 is 2.22 bits per heavy atom. The van der Waals surface area contributed by atoms with Crippen LogP contribution in [-0.4, -0.2) is 27.3 Å². The van der Waals surface area contributed by atoms with Gasteiger partial charge in [0.1, 0.15) is 0 Å². The van der Waals surface area contributed by atoms with Crippen LogP contribution in [0.3, 0.4) is 0 Å². The maximum atomic E-state index is 5.48. The molecule has 0 saturated heterocycles. The van der Waals surface area contributed by atoms with Gasteiger partial charge in [0.25, 0.3) is 0 Å². The molecule has 0 radical (unpaired) electrons. The van der Waals surface area contributed by atoms with Crippen molar-refractivity contribution in [3.05, 3.63) is 0 Å². The first-order valence-electron chi connectivity index (χ1n) is 2.98. The quantitative estimate of drug-likeness (QED) is 0.541. The maximum absolute atomic E-state index is 5.48. The van der Waals surface area contributed by atoms with Crippen LogP contribution in [-0.2, 0) is 16.3 Å². The van der Waals surface area contributed by atoms with Crippen molar-refractivity contribution < 1.29 is 4.52 Å². The van der Waals surface area contributed by atoms with E-state index in [1.54, 1.807) is 0 Å². The number of hydrogen-bond acceptors (Lipinski definition) is 2. The van der Waals surface area contributed by atoms with Crippen LogP contribution in [0.5, 0.6) is 0 Å². The van der Waals surface area contributed by atoms with Gasteiger partial charge in [-0.25, -0.2) is 0 Å². The third-order valence-electron chi connectivity index (χ3n) is 0.991. The molecule has 0 bridgehead atoms. The molecule has 0 fully saturated rings. The monoisotopic (exact) mass is 232 g/mol. The topological polar surface area (TPSA) is 9.23 Å². The summed E-state index contributed by atoms with van der Waals surface area (Å²) in [4.78, 5) is -1.29. The fourth-order valence-corrected chi connectivity index (χ4v) is 4.68. The predicted molar refractivity (Wildman–Crippen MR) is 48.1 cm³/mol. The summed E-state index contributed by atoms with van der Waals surface area (Å²) in [7, 11) is 0. The summed E-state index contributed by atoms with van der Waals surface area (Å²) in [6, 6.07) is 0. The van der Waals surface area contributed by atoms with Crippen molar-refractivity contribution in [1.82, 2.24) is 0 Å². The van der Waals surface area contributed by atoms with E-state index in [1.165, 1.54) is 0 Å². The average molecular weight is 231 g/mol. The van der Waals surface area contributed by atoms with Crippen LogP contribution in [0, 0.1) is 0 Å². The summed E-state index contributed by atoms with van der Waals surface area (Å²) in [6.07, 6.45) is 1.06. The second-order valence-corrected chi connectivity index (χ2v) is 13.4. The number of rotatable bonds is 4. The minimum absolute atomic E-state index is 0.535. The van der Waals surface area contributed by atoms with E-state index >= 15 is 0 Å². The third-order valence-corrected chi connectivity index (χ3v) is 12.2. The summed E-state index contributed by atoms with van der Waals surface area (Å²) in [6.45, 7) is 4.94. The van der Waals surface area contributed by atoms with E-state index in [0.29, 0.717) is 14.5 Å². The molecular formula is C5H13OPSSe. The van der Waals surface area contributed by atoms with Gasteiger partial charge in [0.15, 0.2) is 0 Å². The molecule has 1 atom stereocenters. The Morgan fingerprint density at radius 2 is 2.11 bits per heavy atom. The van der Waals surface area contributed by atoms with Crippen molar-refractivity contribution >= 4 is 31.3 Å². The summed E-state index contributed by atoms with van der Waals surface area (Å²) >= 11 is 5.85. The van der Waals surface area contributed by atoms with Gasteiger partial charge in [-0.1, -0.05) is 0 Å². The van der Waals surface area contributed by atoms with Gasteiger partial charge < -0.3 is 0 Å². The zero-order chi connectivity index (χ0) is 7.33. The van der Waals surface area contributed by atoms with Crippen LogP contribution in [0.2, 0.25) is 5.82 Å². The van der Waals surface area contributed by atoms with Crippen LogP contribution < -0.4 is 0 Å². The average Bonchev–Trinajstić information content (AvgIpc) is 1.89. The summed E-state index contributed by atoms with van der Waals surface area (Å²) in [5.41, 5.74) is 0. The SMILES string of the molecule is CCOP(=S)(CC)[Se]C. The van der Waals surface area contributed by atoms with Crippen molar-refractivity contribution in [2.45, 2.75) is 19.7 Å². The van der Waals surface area contributed by atoms with Gasteiger partial charge in [-0.2, -0.15) is 0 Å². The van der Waals surface area contributed by atoms with Crippen molar-refractivity contribution in [3.8, 4) is 0 Å². The molecule has 0 aromatic rings. The predicted octanol–water partition coefficient (Wildman–Crippen LogP) is 2.10. The third kappa shape index (κ3) is 3.75. The molecular weight excluding hydrogens is 218 g/mol. The van der Waals surface area contributed by atoms with Crippen molar-refractivity contribution in [2.75, 3.05) is 12.8 Å². The first-order valence-corrected chi connectivity index (χ1v) is 9.81. The van der Waals surface area contributed by atoms with Gasteiger partial charge in [0.2, 0.25) is 0 Å². The van der Waals surface area contributed by atoms with E-state index in [2.05, 4.69) is 12.7 Å². The normalized spacial score (nSPS) is 17.2. The Bertz CT molecular complexity index is 110. The van der Waals surface area contributed by atoms with Gasteiger partial charge in [0, 0.05) is 0 Å². The molecule has 0 aromatic heterocycles. The summed E-state index contributed by atoms with van der Waals surface area (Å²) in [5.74, 6) is 2.17. The molecule has 9 heavy (non-hydrogen) atoms. The molecule has 0 spiro atoms. The first kappa shape index (κ1) is 10.1. The van der Waals surface area contributed by atoms with Gasteiger partial charge in [0.05, 0.1) is 0 Å². The fourth-order valence-electron chi connectivity index (χ4n) is 0.470. The zero-order valence-corrected chi connectivity index (χ0v) is 9.51. The molecule has 0 N–H and O–H groups in total. The van der Waals surface area contributed by atoms with Gasteiger partial charge >= 0.3 is 68.2 Å². The first-order chi connectivity index (χ1) is 4.18. The zero-order valence-electron chi connectivity index (χ0n) is 6.09. The summed E-state index contributed by atoms with van der Waals surface area (Å²) in [5, 5.41) is 0. The van der Waals surface area contributed by atoms with Gasteiger partial charge in [-0.05, 0) is 0 Å². The summed E-state index contributed by atoms with van der Waals surface area (Å²) < 4.78 is 5.48. The molecule has 1 nitrogen and oxygen atoms in total. The molecule has 0 aliphatic carbocycles. The van der Waals surface area contributed by atoms with Crippen molar-refractivity contribution in [1.29, 1.82) is 0 Å². The molecule has 0 saturated carbocycles. The molecule has 4 heteroatoms. The molecule has 0 rings (SSSR count). The Labute approximate surface area is 68.4 Å². The van der Waals surface area contributed by atoms with E-state index in [4.69, 9.17) is 16.3 Å². The van der Waals surface area contributed by atoms with Crippen LogP contribution in [0.4, 0.5) is 0 Å². The van der Waals surface area contributed by atoms with Crippen molar-refractivity contribution in [3.63, 3.8) is 0 Å². The molecule has 0 aliphatic rings. The number of hydrogen-bond donors (Lipinski definition) is 0. The van der Waals surface area contributed by atoms with Gasteiger partial charge in [-0.3, -0.25) is 0 Å². The van der Waals surface area contributed by atoms with Crippen LogP contribution in [0.1, 0.15) is 13.8 Å². The van der Waals surface area contributed by atoms with E-state index in [1.807, 2.05) is 6.92 Å². The Kier molecular flexibility index (Phi) is 5.48. The molecule has 0 heterocycles.